The molecule has 3 aromatic rings. The quantitative estimate of drug-likeness (QED) is 0.247. The number of hydrogen-bond acceptors (Lipinski definition) is 6. The summed E-state index contributed by atoms with van der Waals surface area (Å²) >= 11 is 1.51. The molecule has 0 radical (unpaired) electrons. The highest BCUT2D eigenvalue weighted by atomic mass is 32.1. The first-order chi connectivity index (χ1) is 19.9. The van der Waals surface area contributed by atoms with E-state index in [2.05, 4.69) is 10.6 Å². The molecule has 0 saturated carbocycles. The molecule has 2 aromatic carbocycles. The summed E-state index contributed by atoms with van der Waals surface area (Å²) in [6.07, 6.45) is 3.86. The first-order valence-corrected chi connectivity index (χ1v) is 15.1. The van der Waals surface area contributed by atoms with Gasteiger partial charge in [-0.2, -0.15) is 0 Å². The molecular formula is C33H44N4O4S. The smallest absolute Gasteiger partial charge is 0.246 e. The van der Waals surface area contributed by atoms with Crippen LogP contribution in [0.2, 0.25) is 0 Å². The fourth-order valence-electron chi connectivity index (χ4n) is 4.59. The molecule has 0 aliphatic heterocycles. The average molecular weight is 593 g/mol. The molecule has 42 heavy (non-hydrogen) atoms. The number of hydrogen-bond donors (Lipinski definition) is 3. The molecule has 0 saturated heterocycles. The zero-order valence-electron chi connectivity index (χ0n) is 25.5. The summed E-state index contributed by atoms with van der Waals surface area (Å²) < 4.78 is 0. The number of benzene rings is 2. The predicted molar refractivity (Wildman–Crippen MR) is 170 cm³/mol. The van der Waals surface area contributed by atoms with Gasteiger partial charge in [-0.25, -0.2) is 0 Å². The van der Waals surface area contributed by atoms with Gasteiger partial charge in [0.25, 0.3) is 0 Å². The van der Waals surface area contributed by atoms with E-state index in [4.69, 9.17) is 0 Å². The van der Waals surface area contributed by atoms with E-state index in [1.54, 1.807) is 21.0 Å². The van der Waals surface area contributed by atoms with E-state index in [-0.39, 0.29) is 36.2 Å². The van der Waals surface area contributed by atoms with E-state index in [0.29, 0.717) is 12.8 Å². The zero-order valence-corrected chi connectivity index (χ0v) is 26.3. The van der Waals surface area contributed by atoms with Gasteiger partial charge >= 0.3 is 0 Å². The van der Waals surface area contributed by atoms with Gasteiger partial charge in [-0.1, -0.05) is 54.6 Å². The van der Waals surface area contributed by atoms with Gasteiger partial charge in [0.05, 0.1) is 6.10 Å². The van der Waals surface area contributed by atoms with Crippen molar-refractivity contribution in [3.63, 3.8) is 0 Å². The molecule has 3 rings (SSSR count). The second-order valence-electron chi connectivity index (χ2n) is 11.4. The van der Waals surface area contributed by atoms with Crippen LogP contribution in [0.4, 0.5) is 0 Å². The minimum absolute atomic E-state index is 0.0778. The van der Waals surface area contributed by atoms with Crippen molar-refractivity contribution in [2.75, 3.05) is 27.7 Å². The largest absolute Gasteiger partial charge is 0.392 e. The third kappa shape index (κ3) is 9.24. The van der Waals surface area contributed by atoms with Gasteiger partial charge in [0.2, 0.25) is 17.7 Å². The molecule has 0 bridgehead atoms. The number of nitrogens with one attached hydrogen (secondary N) is 2. The summed E-state index contributed by atoms with van der Waals surface area (Å²) in [5, 5.41) is 19.8. The maximum absolute atomic E-state index is 14.2. The zero-order chi connectivity index (χ0) is 30.9. The van der Waals surface area contributed by atoms with E-state index < -0.39 is 18.2 Å². The molecule has 1 aromatic heterocycles. The Morgan fingerprint density at radius 1 is 0.976 bits per heavy atom. The number of fused-ring (bicyclic) bond motifs is 1. The van der Waals surface area contributed by atoms with Crippen molar-refractivity contribution in [3.8, 4) is 0 Å². The van der Waals surface area contributed by atoms with Gasteiger partial charge in [-0.3, -0.25) is 14.4 Å². The molecule has 0 aliphatic carbocycles. The van der Waals surface area contributed by atoms with Crippen molar-refractivity contribution in [2.45, 2.75) is 63.8 Å². The monoisotopic (exact) mass is 592 g/mol. The van der Waals surface area contributed by atoms with Crippen LogP contribution in [0.3, 0.4) is 0 Å². The number of amides is 3. The number of rotatable bonds is 14. The van der Waals surface area contributed by atoms with Crippen molar-refractivity contribution in [1.29, 1.82) is 0 Å². The molecule has 1 heterocycles. The first-order valence-electron chi connectivity index (χ1n) is 14.3. The fourth-order valence-corrected chi connectivity index (χ4v) is 5.33. The van der Waals surface area contributed by atoms with Gasteiger partial charge in [-0.05, 0) is 68.1 Å². The lowest BCUT2D eigenvalue weighted by Crippen LogP contribution is -2.56. The molecule has 3 amide bonds. The SMILES string of the molecule is CNC(C)(C)C/C=C/C(=O)N(C)C(Cc1ccc2ccccc2c1)C(=O)N(C)C(Cc1cccs1)C(=O)NCC(C)O. The average Bonchev–Trinajstić information content (AvgIpc) is 3.49. The van der Waals surface area contributed by atoms with Gasteiger partial charge in [0.1, 0.15) is 12.1 Å². The molecule has 9 heteroatoms. The summed E-state index contributed by atoms with van der Waals surface area (Å²) in [4.78, 5) is 44.8. The van der Waals surface area contributed by atoms with Crippen molar-refractivity contribution in [3.05, 3.63) is 82.6 Å². The Morgan fingerprint density at radius 3 is 2.33 bits per heavy atom. The molecule has 3 N–H and O–H groups in total. The summed E-state index contributed by atoms with van der Waals surface area (Å²) in [5.74, 6) is -0.979. The van der Waals surface area contributed by atoms with Crippen LogP contribution in [0.5, 0.6) is 0 Å². The number of carbonyl (C=O) groups is 3. The Labute approximate surface area is 253 Å². The Morgan fingerprint density at radius 2 is 1.69 bits per heavy atom. The number of carbonyl (C=O) groups excluding carboxylic acids is 3. The molecule has 8 nitrogen and oxygen atoms in total. The maximum Gasteiger partial charge on any atom is 0.246 e. The molecule has 0 fully saturated rings. The molecule has 3 unspecified atom stereocenters. The predicted octanol–water partition coefficient (Wildman–Crippen LogP) is 3.78. The number of nitrogens with zero attached hydrogens (tertiary/aromatic N) is 2. The Bertz CT molecular complexity index is 1370. The lowest BCUT2D eigenvalue weighted by molar-refractivity contribution is -0.146. The summed E-state index contributed by atoms with van der Waals surface area (Å²) in [6, 6.07) is 16.2. The van der Waals surface area contributed by atoms with Gasteiger partial charge < -0.3 is 25.5 Å². The molecule has 226 valence electrons. The third-order valence-electron chi connectivity index (χ3n) is 7.57. The van der Waals surface area contributed by atoms with Crippen molar-refractivity contribution in [2.24, 2.45) is 0 Å². The van der Waals surface area contributed by atoms with E-state index >= 15 is 0 Å². The van der Waals surface area contributed by atoms with Crippen molar-refractivity contribution < 1.29 is 19.5 Å². The van der Waals surface area contributed by atoms with E-state index in [1.807, 2.05) is 86.9 Å². The lowest BCUT2D eigenvalue weighted by Gasteiger charge is -2.34. The van der Waals surface area contributed by atoms with Crippen LogP contribution in [0.25, 0.3) is 10.8 Å². The standard InChI is InChI=1S/C33H44N4O4S/c1-23(38)22-35-31(40)28(21-27-13-10-18-42-27)37(6)32(41)29(36(5)30(39)14-9-17-33(2,3)34-4)20-24-15-16-25-11-7-8-12-26(25)19-24/h7-16,18-19,23,28-29,34,38H,17,20-22H2,1-6H3,(H,35,40)/b14-9+. The van der Waals surface area contributed by atoms with Gasteiger partial charge in [-0.15, -0.1) is 11.3 Å². The first kappa shape index (κ1) is 33.0. The number of likely N-dealkylation sites (N-methyl/N-ethyl adjacent to an activating group) is 2. The van der Waals surface area contributed by atoms with E-state index in [0.717, 1.165) is 21.2 Å². The third-order valence-corrected chi connectivity index (χ3v) is 8.47. The lowest BCUT2D eigenvalue weighted by atomic mass is 9.98. The highest BCUT2D eigenvalue weighted by molar-refractivity contribution is 7.09. The highest BCUT2D eigenvalue weighted by Crippen LogP contribution is 2.21. The van der Waals surface area contributed by atoms with Crippen molar-refractivity contribution >= 4 is 39.8 Å². The van der Waals surface area contributed by atoms with Gasteiger partial charge in [0, 0.05) is 43.9 Å². The highest BCUT2D eigenvalue weighted by Gasteiger charge is 2.35. The van der Waals surface area contributed by atoms with E-state index in [9.17, 15) is 19.5 Å². The summed E-state index contributed by atoms with van der Waals surface area (Å²) in [7, 11) is 5.12. The number of aliphatic hydroxyl groups is 1. The Balaban J connectivity index is 1.93. The molecule has 0 spiro atoms. The molecule has 3 atom stereocenters. The van der Waals surface area contributed by atoms with E-state index in [1.165, 1.54) is 27.2 Å². The van der Waals surface area contributed by atoms with Crippen LogP contribution >= 0.6 is 11.3 Å². The number of aliphatic hydroxyl groups excluding tert-OH is 1. The normalized spacial score (nSPS) is 14.0. The summed E-state index contributed by atoms with van der Waals surface area (Å²) in [5.41, 5.74) is 0.735. The molecule has 0 aliphatic rings. The minimum atomic E-state index is -0.846. The van der Waals surface area contributed by atoms with Crippen LogP contribution in [-0.2, 0) is 27.2 Å². The van der Waals surface area contributed by atoms with Crippen LogP contribution in [-0.4, -0.2) is 84.0 Å². The van der Waals surface area contributed by atoms with Crippen LogP contribution in [0.1, 0.15) is 37.6 Å². The summed E-state index contributed by atoms with van der Waals surface area (Å²) in [6.45, 7) is 5.76. The second-order valence-corrected chi connectivity index (χ2v) is 12.5. The Kier molecular flexibility index (Phi) is 11.8. The maximum atomic E-state index is 14.2. The fraction of sp³-hybridized carbons (Fsp3) is 0.424. The second kappa shape index (κ2) is 15.1. The van der Waals surface area contributed by atoms with Gasteiger partial charge in [0.15, 0.2) is 0 Å². The minimum Gasteiger partial charge on any atom is -0.392 e. The topological polar surface area (TPSA) is 102 Å². The van der Waals surface area contributed by atoms with Crippen LogP contribution < -0.4 is 10.6 Å². The van der Waals surface area contributed by atoms with Crippen LogP contribution in [0, 0.1) is 0 Å². The molecular weight excluding hydrogens is 548 g/mol. The van der Waals surface area contributed by atoms with Crippen LogP contribution in [0.15, 0.2) is 72.1 Å². The van der Waals surface area contributed by atoms with Crippen molar-refractivity contribution in [1.82, 2.24) is 20.4 Å². The number of thiophene rings is 1. The Hall–Kier alpha value is -3.53.